The van der Waals surface area contributed by atoms with Gasteiger partial charge < -0.3 is 15.3 Å². The van der Waals surface area contributed by atoms with Gasteiger partial charge in [0, 0.05) is 18.3 Å². The average molecular weight is 373 g/mol. The number of carboxylic acids is 1. The molecule has 2 atom stereocenters. The Morgan fingerprint density at radius 3 is 2.77 bits per heavy atom. The summed E-state index contributed by atoms with van der Waals surface area (Å²) >= 11 is 1.18. The van der Waals surface area contributed by atoms with Crippen molar-refractivity contribution in [2.24, 2.45) is 5.92 Å². The largest absolute Gasteiger partial charge is 0.476 e. The lowest BCUT2D eigenvalue weighted by molar-refractivity contribution is -0.130. The predicted octanol–water partition coefficient (Wildman–Crippen LogP) is 2.07. The van der Waals surface area contributed by atoms with Crippen molar-refractivity contribution in [3.63, 3.8) is 0 Å². The maximum atomic E-state index is 12.4. The van der Waals surface area contributed by atoms with Gasteiger partial charge >= 0.3 is 5.97 Å². The first-order chi connectivity index (χ1) is 12.5. The predicted molar refractivity (Wildman–Crippen MR) is 95.6 cm³/mol. The quantitative estimate of drug-likeness (QED) is 0.807. The van der Waals surface area contributed by atoms with Crippen molar-refractivity contribution >= 4 is 29.1 Å². The smallest absolute Gasteiger partial charge is 0.355 e. The van der Waals surface area contributed by atoms with Crippen molar-refractivity contribution < 1.29 is 19.5 Å². The Bertz CT molecular complexity index is 821. The normalized spacial score (nSPS) is 18.0. The van der Waals surface area contributed by atoms with Gasteiger partial charge in [0.05, 0.1) is 18.5 Å². The Balaban J connectivity index is 1.57. The van der Waals surface area contributed by atoms with Crippen LogP contribution in [0.4, 0.5) is 0 Å². The zero-order valence-corrected chi connectivity index (χ0v) is 15.0. The van der Waals surface area contributed by atoms with E-state index in [4.69, 9.17) is 5.11 Å². The molecule has 136 valence electrons. The number of rotatable bonds is 6. The third-order valence-corrected chi connectivity index (χ3v) is 5.31. The molecule has 2 amide bonds. The molecule has 26 heavy (non-hydrogen) atoms. The van der Waals surface area contributed by atoms with E-state index in [-0.39, 0.29) is 36.5 Å². The third-order valence-electron chi connectivity index (χ3n) is 4.46. The number of carboxylic acid groups (broad SMARTS) is 1. The Labute approximate surface area is 154 Å². The first-order valence-electron chi connectivity index (χ1n) is 8.25. The summed E-state index contributed by atoms with van der Waals surface area (Å²) < 4.78 is 0. The molecule has 1 aliphatic heterocycles. The van der Waals surface area contributed by atoms with Gasteiger partial charge in [-0.2, -0.15) is 0 Å². The molecule has 7 nitrogen and oxygen atoms in total. The van der Waals surface area contributed by atoms with Crippen LogP contribution in [-0.4, -0.2) is 39.3 Å². The Morgan fingerprint density at radius 2 is 2.12 bits per heavy atom. The topological polar surface area (TPSA) is 99.6 Å². The Morgan fingerprint density at radius 1 is 1.38 bits per heavy atom. The molecule has 0 unspecified atom stereocenters. The van der Waals surface area contributed by atoms with E-state index in [1.165, 1.54) is 16.7 Å². The zero-order valence-electron chi connectivity index (χ0n) is 14.2. The van der Waals surface area contributed by atoms with Gasteiger partial charge in [-0.05, 0) is 12.5 Å². The lowest BCUT2D eigenvalue weighted by Crippen LogP contribution is -2.33. The number of nitrogens with zero attached hydrogens (tertiary/aromatic N) is 2. The molecular formula is C18H19N3O4S. The van der Waals surface area contributed by atoms with E-state index < -0.39 is 11.9 Å². The number of hydrogen-bond acceptors (Lipinski definition) is 5. The van der Waals surface area contributed by atoms with Gasteiger partial charge in [0.25, 0.3) is 0 Å². The van der Waals surface area contributed by atoms with Gasteiger partial charge in [-0.3, -0.25) is 9.59 Å². The Kier molecular flexibility index (Phi) is 5.32. The molecule has 0 saturated carbocycles. The number of hydrogen-bond donors (Lipinski definition) is 2. The van der Waals surface area contributed by atoms with Crippen LogP contribution >= 0.6 is 11.3 Å². The van der Waals surface area contributed by atoms with Gasteiger partial charge in [-0.1, -0.05) is 30.3 Å². The number of aromatic nitrogens is 1. The maximum absolute atomic E-state index is 12.4. The summed E-state index contributed by atoms with van der Waals surface area (Å²) in [5.41, 5.74) is 1.00. The third kappa shape index (κ3) is 3.91. The molecule has 1 aromatic heterocycles. The molecule has 8 heteroatoms. The molecule has 2 aromatic rings. The number of aromatic carboxylic acids is 1. The van der Waals surface area contributed by atoms with Gasteiger partial charge in [0.1, 0.15) is 5.01 Å². The molecule has 0 spiro atoms. The second-order valence-electron chi connectivity index (χ2n) is 6.18. The van der Waals surface area contributed by atoms with Gasteiger partial charge in [-0.25, -0.2) is 9.78 Å². The molecule has 1 fully saturated rings. The molecule has 0 bridgehead atoms. The van der Waals surface area contributed by atoms with Crippen LogP contribution in [-0.2, 0) is 16.1 Å². The van der Waals surface area contributed by atoms with Crippen molar-refractivity contribution in [1.82, 2.24) is 15.2 Å². The summed E-state index contributed by atoms with van der Waals surface area (Å²) in [4.78, 5) is 41.2. The van der Waals surface area contributed by atoms with E-state index in [9.17, 15) is 14.4 Å². The van der Waals surface area contributed by atoms with Crippen LogP contribution in [0.1, 0.15) is 40.4 Å². The van der Waals surface area contributed by atoms with Crippen molar-refractivity contribution in [1.29, 1.82) is 0 Å². The van der Waals surface area contributed by atoms with Crippen LogP contribution in [0.15, 0.2) is 35.7 Å². The summed E-state index contributed by atoms with van der Waals surface area (Å²) in [6, 6.07) is 9.62. The standard InChI is InChI=1S/C18H19N3O4S/c1-11(12-5-3-2-4-6-12)21-9-13(7-16(21)22)17(23)19-8-15-20-14(10-26-15)18(24)25/h2-6,10-11,13H,7-9H2,1H3,(H,19,23)(H,24,25)/t11-,13+/m1/s1. The minimum absolute atomic E-state index is 0.0295. The van der Waals surface area contributed by atoms with Crippen LogP contribution in [0.2, 0.25) is 0 Å². The van der Waals surface area contributed by atoms with Crippen LogP contribution in [0, 0.1) is 5.92 Å². The lowest BCUT2D eigenvalue weighted by atomic mass is 10.1. The van der Waals surface area contributed by atoms with E-state index in [2.05, 4.69) is 10.3 Å². The zero-order chi connectivity index (χ0) is 18.7. The van der Waals surface area contributed by atoms with Crippen LogP contribution in [0.3, 0.4) is 0 Å². The van der Waals surface area contributed by atoms with Gasteiger partial charge in [-0.15, -0.1) is 11.3 Å². The highest BCUT2D eigenvalue weighted by Crippen LogP contribution is 2.28. The number of amides is 2. The first kappa shape index (κ1) is 18.1. The SMILES string of the molecule is C[C@H](c1ccccc1)N1C[C@@H](C(=O)NCc2nc(C(=O)O)cs2)CC1=O. The van der Waals surface area contributed by atoms with Crippen LogP contribution < -0.4 is 5.32 Å². The van der Waals surface area contributed by atoms with E-state index in [1.54, 1.807) is 4.90 Å². The van der Waals surface area contributed by atoms with E-state index in [1.807, 2.05) is 37.3 Å². The lowest BCUT2D eigenvalue weighted by Gasteiger charge is -2.25. The van der Waals surface area contributed by atoms with Crippen molar-refractivity contribution in [3.05, 3.63) is 52.0 Å². The molecule has 1 aliphatic rings. The first-order valence-corrected chi connectivity index (χ1v) is 9.13. The van der Waals surface area contributed by atoms with Crippen molar-refractivity contribution in [2.45, 2.75) is 25.9 Å². The highest BCUT2D eigenvalue weighted by molar-refractivity contribution is 7.09. The number of likely N-dealkylation sites (tertiary alicyclic amines) is 1. The molecule has 1 saturated heterocycles. The maximum Gasteiger partial charge on any atom is 0.355 e. The summed E-state index contributed by atoms with van der Waals surface area (Å²) in [6.07, 6.45) is 0.182. The van der Waals surface area contributed by atoms with Crippen molar-refractivity contribution in [2.75, 3.05) is 6.54 Å². The van der Waals surface area contributed by atoms with Gasteiger partial charge in [0.2, 0.25) is 11.8 Å². The fourth-order valence-electron chi connectivity index (χ4n) is 2.99. The summed E-state index contributed by atoms with van der Waals surface area (Å²) in [5.74, 6) is -1.75. The van der Waals surface area contributed by atoms with E-state index >= 15 is 0 Å². The fraction of sp³-hybridized carbons (Fsp3) is 0.333. The highest BCUT2D eigenvalue weighted by atomic mass is 32.1. The minimum Gasteiger partial charge on any atom is -0.476 e. The summed E-state index contributed by atoms with van der Waals surface area (Å²) in [7, 11) is 0. The second-order valence-corrected chi connectivity index (χ2v) is 7.13. The molecular weight excluding hydrogens is 354 g/mol. The van der Waals surface area contributed by atoms with Gasteiger partial charge in [0.15, 0.2) is 5.69 Å². The van der Waals surface area contributed by atoms with Crippen molar-refractivity contribution in [3.8, 4) is 0 Å². The second kappa shape index (κ2) is 7.65. The number of benzene rings is 1. The molecule has 2 heterocycles. The number of thiazole rings is 1. The number of nitrogens with one attached hydrogen (secondary N) is 1. The Hall–Kier alpha value is -2.74. The monoisotopic (exact) mass is 373 g/mol. The number of carbonyl (C=O) groups is 3. The molecule has 0 radical (unpaired) electrons. The van der Waals surface area contributed by atoms with E-state index in [0.29, 0.717) is 11.6 Å². The number of carbonyl (C=O) groups excluding carboxylic acids is 2. The fourth-order valence-corrected chi connectivity index (χ4v) is 3.70. The molecule has 3 rings (SSSR count). The van der Waals surface area contributed by atoms with E-state index in [0.717, 1.165) is 5.56 Å². The van der Waals surface area contributed by atoms with Crippen LogP contribution in [0.25, 0.3) is 0 Å². The minimum atomic E-state index is -1.09. The molecule has 2 N–H and O–H groups in total. The molecule has 1 aromatic carbocycles. The summed E-state index contributed by atoms with van der Waals surface area (Å²) in [6.45, 7) is 2.49. The molecule has 0 aliphatic carbocycles. The summed E-state index contributed by atoms with van der Waals surface area (Å²) in [5, 5.41) is 13.6. The highest BCUT2D eigenvalue weighted by Gasteiger charge is 2.36. The van der Waals surface area contributed by atoms with Crippen LogP contribution in [0.5, 0.6) is 0 Å². The average Bonchev–Trinajstić information content (AvgIpc) is 3.27.